The van der Waals surface area contributed by atoms with Crippen LogP contribution in [0, 0.1) is 0 Å². The van der Waals surface area contributed by atoms with Crippen molar-refractivity contribution in [1.82, 2.24) is 0 Å². The van der Waals surface area contributed by atoms with Crippen LogP contribution in [-0.4, -0.2) is 25.2 Å². The number of alkyl halides is 1. The van der Waals surface area contributed by atoms with E-state index in [0.717, 1.165) is 12.8 Å². The molecular weight excluding hydrogens is 239 g/mol. The van der Waals surface area contributed by atoms with Crippen LogP contribution < -0.4 is 0 Å². The van der Waals surface area contributed by atoms with E-state index in [4.69, 9.17) is 25.2 Å². The fraction of sp³-hybridized carbons (Fsp3) is 1.00. The minimum absolute atomic E-state index is 0.159. The molecule has 0 fully saturated rings. The first-order valence-electron chi connectivity index (χ1n) is 5.21. The summed E-state index contributed by atoms with van der Waals surface area (Å²) in [6.07, 6.45) is 1.53. The van der Waals surface area contributed by atoms with Crippen LogP contribution in [0.5, 0.6) is 0 Å². The van der Waals surface area contributed by atoms with Crippen LogP contribution >= 0.6 is 19.4 Å². The Morgan fingerprint density at radius 3 is 1.93 bits per heavy atom. The molecule has 0 saturated carbocycles. The maximum absolute atomic E-state index is 11.9. The molecule has 0 amide bonds. The standard InChI is InChI=1S/C9H20ClO4P/c1-4-6-12-15(11,13-7-5-2)14-8-9(3)10/h9H,4-8H2,1-3H3. The Morgan fingerprint density at radius 2 is 1.60 bits per heavy atom. The molecule has 0 aromatic heterocycles. The van der Waals surface area contributed by atoms with Crippen molar-refractivity contribution in [2.24, 2.45) is 0 Å². The zero-order chi connectivity index (χ0) is 11.7. The lowest BCUT2D eigenvalue weighted by molar-refractivity contribution is 0.114. The average molecular weight is 259 g/mol. The normalized spacial score (nSPS) is 14.1. The van der Waals surface area contributed by atoms with Crippen molar-refractivity contribution in [3.8, 4) is 0 Å². The van der Waals surface area contributed by atoms with Gasteiger partial charge in [0.15, 0.2) is 0 Å². The third kappa shape index (κ3) is 8.23. The van der Waals surface area contributed by atoms with E-state index >= 15 is 0 Å². The first-order valence-corrected chi connectivity index (χ1v) is 7.11. The summed E-state index contributed by atoms with van der Waals surface area (Å²) in [6, 6.07) is 0. The Hall–Kier alpha value is 0.400. The second-order valence-corrected chi connectivity index (χ2v) is 5.60. The van der Waals surface area contributed by atoms with E-state index in [0.29, 0.717) is 13.2 Å². The average Bonchev–Trinajstić information content (AvgIpc) is 2.21. The lowest BCUT2D eigenvalue weighted by Crippen LogP contribution is -2.08. The van der Waals surface area contributed by atoms with Crippen molar-refractivity contribution in [1.29, 1.82) is 0 Å². The summed E-state index contributed by atoms with van der Waals surface area (Å²) < 4.78 is 27.2. The Kier molecular flexibility index (Phi) is 8.77. The molecule has 0 rings (SSSR count). The number of rotatable bonds is 9. The van der Waals surface area contributed by atoms with Gasteiger partial charge in [0.25, 0.3) is 0 Å². The zero-order valence-electron chi connectivity index (χ0n) is 9.57. The van der Waals surface area contributed by atoms with Crippen LogP contribution in [0.3, 0.4) is 0 Å². The third-order valence-electron chi connectivity index (χ3n) is 1.37. The first kappa shape index (κ1) is 15.4. The number of hydrogen-bond acceptors (Lipinski definition) is 4. The summed E-state index contributed by atoms with van der Waals surface area (Å²) in [5.74, 6) is 0. The summed E-state index contributed by atoms with van der Waals surface area (Å²) >= 11 is 5.69. The second-order valence-electron chi connectivity index (χ2n) is 3.19. The van der Waals surface area contributed by atoms with Crippen LogP contribution in [0.15, 0.2) is 0 Å². The second kappa shape index (κ2) is 8.54. The molecule has 0 aliphatic carbocycles. The monoisotopic (exact) mass is 258 g/mol. The fourth-order valence-corrected chi connectivity index (χ4v) is 2.30. The molecule has 0 aromatic carbocycles. The van der Waals surface area contributed by atoms with Crippen LogP contribution in [0.2, 0.25) is 0 Å². The van der Waals surface area contributed by atoms with Crippen molar-refractivity contribution in [3.05, 3.63) is 0 Å². The van der Waals surface area contributed by atoms with Crippen LogP contribution in [-0.2, 0) is 18.1 Å². The van der Waals surface area contributed by atoms with Crippen LogP contribution in [0.25, 0.3) is 0 Å². The highest BCUT2D eigenvalue weighted by Crippen LogP contribution is 2.49. The van der Waals surface area contributed by atoms with Gasteiger partial charge in [-0.05, 0) is 19.8 Å². The van der Waals surface area contributed by atoms with Gasteiger partial charge < -0.3 is 0 Å². The molecule has 0 aliphatic rings. The molecule has 0 bridgehead atoms. The minimum atomic E-state index is -3.39. The van der Waals surface area contributed by atoms with E-state index in [1.165, 1.54) is 0 Å². The number of hydrogen-bond donors (Lipinski definition) is 0. The van der Waals surface area contributed by atoms with Gasteiger partial charge in [0.1, 0.15) is 0 Å². The van der Waals surface area contributed by atoms with Gasteiger partial charge in [-0.3, -0.25) is 13.6 Å². The van der Waals surface area contributed by atoms with Gasteiger partial charge >= 0.3 is 7.82 Å². The molecule has 92 valence electrons. The quantitative estimate of drug-likeness (QED) is 0.468. The molecule has 1 unspecified atom stereocenters. The van der Waals surface area contributed by atoms with Gasteiger partial charge in [-0.25, -0.2) is 4.57 Å². The molecule has 0 aliphatic heterocycles. The zero-order valence-corrected chi connectivity index (χ0v) is 11.2. The van der Waals surface area contributed by atoms with E-state index in [1.54, 1.807) is 6.92 Å². The number of phosphoric ester groups is 1. The van der Waals surface area contributed by atoms with Gasteiger partial charge in [-0.2, -0.15) is 0 Å². The van der Waals surface area contributed by atoms with E-state index in [2.05, 4.69) is 0 Å². The molecular formula is C9H20ClO4P. The molecule has 4 nitrogen and oxygen atoms in total. The van der Waals surface area contributed by atoms with Gasteiger partial charge in [-0.1, -0.05) is 13.8 Å². The maximum Gasteiger partial charge on any atom is 0.474 e. The molecule has 0 saturated heterocycles. The van der Waals surface area contributed by atoms with Gasteiger partial charge in [-0.15, -0.1) is 11.6 Å². The Morgan fingerprint density at radius 1 is 1.13 bits per heavy atom. The fourth-order valence-electron chi connectivity index (χ4n) is 0.712. The Labute approximate surface area is 96.9 Å². The molecule has 0 spiro atoms. The molecule has 15 heavy (non-hydrogen) atoms. The summed E-state index contributed by atoms with van der Waals surface area (Å²) in [5.41, 5.74) is 0. The van der Waals surface area contributed by atoms with Crippen molar-refractivity contribution in [2.45, 2.75) is 39.0 Å². The lowest BCUT2D eigenvalue weighted by Gasteiger charge is -2.17. The van der Waals surface area contributed by atoms with Crippen molar-refractivity contribution < 1.29 is 18.1 Å². The van der Waals surface area contributed by atoms with Gasteiger partial charge in [0, 0.05) is 0 Å². The number of halogens is 1. The van der Waals surface area contributed by atoms with E-state index in [1.807, 2.05) is 13.8 Å². The summed E-state index contributed by atoms with van der Waals surface area (Å²) in [6.45, 7) is 6.48. The van der Waals surface area contributed by atoms with Crippen molar-refractivity contribution >= 4 is 19.4 Å². The largest absolute Gasteiger partial charge is 0.474 e. The molecule has 1 atom stereocenters. The van der Waals surface area contributed by atoms with E-state index in [-0.39, 0.29) is 12.0 Å². The first-order chi connectivity index (χ1) is 7.04. The molecule has 0 heterocycles. The lowest BCUT2D eigenvalue weighted by atomic mass is 10.5. The SMILES string of the molecule is CCCOP(=O)(OCCC)OCC(C)Cl. The van der Waals surface area contributed by atoms with E-state index in [9.17, 15) is 4.57 Å². The maximum atomic E-state index is 11.9. The van der Waals surface area contributed by atoms with Crippen molar-refractivity contribution in [3.63, 3.8) is 0 Å². The van der Waals surface area contributed by atoms with E-state index < -0.39 is 7.82 Å². The van der Waals surface area contributed by atoms with Crippen LogP contribution in [0.1, 0.15) is 33.6 Å². The van der Waals surface area contributed by atoms with Crippen LogP contribution in [0.4, 0.5) is 0 Å². The Bertz CT molecular complexity index is 187. The van der Waals surface area contributed by atoms with Gasteiger partial charge in [0.2, 0.25) is 0 Å². The minimum Gasteiger partial charge on any atom is -0.287 e. The predicted molar refractivity (Wildman–Crippen MR) is 61.4 cm³/mol. The highest BCUT2D eigenvalue weighted by molar-refractivity contribution is 7.48. The molecule has 0 aromatic rings. The molecule has 6 heteroatoms. The number of phosphoric acid groups is 1. The third-order valence-corrected chi connectivity index (χ3v) is 2.96. The summed E-state index contributed by atoms with van der Waals surface area (Å²) in [5, 5.41) is -0.214. The topological polar surface area (TPSA) is 44.8 Å². The predicted octanol–water partition coefficient (Wildman–Crippen LogP) is 3.59. The summed E-state index contributed by atoms with van der Waals surface area (Å²) in [7, 11) is -3.39. The highest BCUT2D eigenvalue weighted by Gasteiger charge is 2.26. The van der Waals surface area contributed by atoms with Crippen molar-refractivity contribution in [2.75, 3.05) is 19.8 Å². The molecule has 0 radical (unpaired) electrons. The summed E-state index contributed by atoms with van der Waals surface area (Å²) in [4.78, 5) is 0. The smallest absolute Gasteiger partial charge is 0.287 e. The Balaban J connectivity index is 4.08. The van der Waals surface area contributed by atoms with Gasteiger partial charge in [0.05, 0.1) is 25.2 Å². The highest BCUT2D eigenvalue weighted by atomic mass is 35.5. The molecule has 0 N–H and O–H groups in total.